The SMILES string of the molecule is Cc1c(Br)cc(C(O)CC2CCCCC2)n2cncc12. The molecule has 0 aromatic carbocycles. The molecule has 3 nitrogen and oxygen atoms in total. The second-order valence-corrected chi connectivity index (χ2v) is 6.80. The molecular weight excluding hydrogens is 316 g/mol. The van der Waals surface area contributed by atoms with Gasteiger partial charge >= 0.3 is 0 Å². The van der Waals surface area contributed by atoms with E-state index in [-0.39, 0.29) is 0 Å². The van der Waals surface area contributed by atoms with Gasteiger partial charge in [0.25, 0.3) is 0 Å². The van der Waals surface area contributed by atoms with Crippen LogP contribution in [0, 0.1) is 12.8 Å². The molecule has 1 unspecified atom stereocenters. The maximum atomic E-state index is 10.6. The molecule has 2 heterocycles. The number of rotatable bonds is 3. The molecule has 0 radical (unpaired) electrons. The van der Waals surface area contributed by atoms with Crippen LogP contribution in [0.4, 0.5) is 0 Å². The van der Waals surface area contributed by atoms with Crippen LogP contribution in [0.25, 0.3) is 5.52 Å². The first kappa shape index (κ1) is 14.1. The number of nitrogens with zero attached hydrogens (tertiary/aromatic N) is 2. The van der Waals surface area contributed by atoms with Crippen molar-refractivity contribution in [3.8, 4) is 0 Å². The Balaban J connectivity index is 1.88. The molecule has 2 aromatic heterocycles. The number of aliphatic hydroxyl groups is 1. The van der Waals surface area contributed by atoms with Crippen molar-refractivity contribution in [1.82, 2.24) is 9.38 Å². The van der Waals surface area contributed by atoms with Crippen LogP contribution in [-0.2, 0) is 0 Å². The number of pyridine rings is 1. The normalized spacial score (nSPS) is 18.6. The smallest absolute Gasteiger partial charge is 0.0995 e. The summed E-state index contributed by atoms with van der Waals surface area (Å²) in [5.41, 5.74) is 3.17. The number of hydrogen-bond donors (Lipinski definition) is 1. The predicted octanol–water partition coefficient (Wildman–Crippen LogP) is 4.41. The average Bonchev–Trinajstić information content (AvgIpc) is 2.93. The summed E-state index contributed by atoms with van der Waals surface area (Å²) < 4.78 is 3.07. The first-order valence-corrected chi connectivity index (χ1v) is 8.25. The van der Waals surface area contributed by atoms with Crippen molar-refractivity contribution in [2.24, 2.45) is 5.92 Å². The first-order valence-electron chi connectivity index (χ1n) is 7.46. The molecule has 0 saturated heterocycles. The van der Waals surface area contributed by atoms with Crippen molar-refractivity contribution in [3.05, 3.63) is 34.3 Å². The summed E-state index contributed by atoms with van der Waals surface area (Å²) in [6.45, 7) is 2.07. The van der Waals surface area contributed by atoms with Gasteiger partial charge in [-0.3, -0.25) is 0 Å². The van der Waals surface area contributed by atoms with Gasteiger partial charge in [-0.2, -0.15) is 0 Å². The van der Waals surface area contributed by atoms with Crippen molar-refractivity contribution in [3.63, 3.8) is 0 Å². The Morgan fingerprint density at radius 2 is 2.15 bits per heavy atom. The number of halogens is 1. The summed E-state index contributed by atoms with van der Waals surface area (Å²) >= 11 is 3.59. The first-order chi connectivity index (χ1) is 9.66. The van der Waals surface area contributed by atoms with Crippen LogP contribution in [0.15, 0.2) is 23.1 Å². The average molecular weight is 337 g/mol. The van der Waals surface area contributed by atoms with E-state index in [0.717, 1.165) is 27.7 Å². The Hall–Kier alpha value is -0.870. The summed E-state index contributed by atoms with van der Waals surface area (Å²) in [7, 11) is 0. The van der Waals surface area contributed by atoms with E-state index in [1.54, 1.807) is 6.33 Å². The third-order valence-electron chi connectivity index (χ3n) is 4.56. The van der Waals surface area contributed by atoms with Gasteiger partial charge in [0.1, 0.15) is 0 Å². The second-order valence-electron chi connectivity index (χ2n) is 5.95. The molecule has 0 spiro atoms. The molecule has 1 fully saturated rings. The largest absolute Gasteiger partial charge is 0.387 e. The van der Waals surface area contributed by atoms with Crippen molar-refractivity contribution in [2.45, 2.75) is 51.6 Å². The molecule has 108 valence electrons. The Bertz CT molecular complexity index is 602. The van der Waals surface area contributed by atoms with Gasteiger partial charge in [0.15, 0.2) is 0 Å². The maximum Gasteiger partial charge on any atom is 0.0995 e. The Labute approximate surface area is 128 Å². The summed E-state index contributed by atoms with van der Waals surface area (Å²) in [5.74, 6) is 0.664. The van der Waals surface area contributed by atoms with Crippen LogP contribution in [0.2, 0.25) is 0 Å². The molecule has 0 bridgehead atoms. The molecule has 3 rings (SSSR count). The van der Waals surface area contributed by atoms with E-state index in [9.17, 15) is 5.11 Å². The van der Waals surface area contributed by atoms with Gasteiger partial charge in [-0.05, 0) is 30.9 Å². The molecule has 20 heavy (non-hydrogen) atoms. The van der Waals surface area contributed by atoms with E-state index >= 15 is 0 Å². The van der Waals surface area contributed by atoms with Gasteiger partial charge < -0.3 is 9.51 Å². The van der Waals surface area contributed by atoms with E-state index in [2.05, 4.69) is 27.8 Å². The molecule has 1 aliphatic carbocycles. The predicted molar refractivity (Wildman–Crippen MR) is 83.8 cm³/mol. The van der Waals surface area contributed by atoms with Crippen LogP contribution >= 0.6 is 15.9 Å². The minimum atomic E-state index is -0.410. The minimum Gasteiger partial charge on any atom is -0.387 e. The highest BCUT2D eigenvalue weighted by atomic mass is 79.9. The highest BCUT2D eigenvalue weighted by Crippen LogP contribution is 2.33. The minimum absolute atomic E-state index is 0.410. The lowest BCUT2D eigenvalue weighted by atomic mass is 9.85. The van der Waals surface area contributed by atoms with Gasteiger partial charge in [-0.15, -0.1) is 0 Å². The number of aliphatic hydroxyl groups excluding tert-OH is 1. The van der Waals surface area contributed by atoms with Crippen molar-refractivity contribution >= 4 is 21.4 Å². The quantitative estimate of drug-likeness (QED) is 0.901. The standard InChI is InChI=1S/C16H21BrN2O/c1-11-13(17)8-14(19-10-18-9-15(11)19)16(20)7-12-5-3-2-4-6-12/h8-10,12,16,20H,2-7H2,1H3. The van der Waals surface area contributed by atoms with Crippen molar-refractivity contribution in [1.29, 1.82) is 0 Å². The summed E-state index contributed by atoms with van der Waals surface area (Å²) in [6.07, 6.45) is 10.6. The Morgan fingerprint density at radius 1 is 1.40 bits per heavy atom. The zero-order chi connectivity index (χ0) is 14.1. The number of fused-ring (bicyclic) bond motifs is 1. The van der Waals surface area contributed by atoms with E-state index in [1.807, 2.05) is 16.7 Å². The molecule has 2 aromatic rings. The molecule has 1 saturated carbocycles. The topological polar surface area (TPSA) is 37.5 Å². The van der Waals surface area contributed by atoms with Crippen LogP contribution in [0.3, 0.4) is 0 Å². The highest BCUT2D eigenvalue weighted by Gasteiger charge is 2.21. The zero-order valence-corrected chi connectivity index (χ0v) is 13.4. The van der Waals surface area contributed by atoms with Crippen LogP contribution < -0.4 is 0 Å². The molecule has 1 aliphatic rings. The Kier molecular flexibility index (Phi) is 4.13. The van der Waals surface area contributed by atoms with E-state index in [1.165, 1.54) is 32.1 Å². The van der Waals surface area contributed by atoms with Crippen LogP contribution in [0.1, 0.15) is 55.9 Å². The van der Waals surface area contributed by atoms with E-state index in [0.29, 0.717) is 5.92 Å². The fourth-order valence-electron chi connectivity index (χ4n) is 3.32. The second kappa shape index (κ2) is 5.86. The van der Waals surface area contributed by atoms with Crippen LogP contribution in [0.5, 0.6) is 0 Å². The monoisotopic (exact) mass is 336 g/mol. The third-order valence-corrected chi connectivity index (χ3v) is 5.38. The van der Waals surface area contributed by atoms with Gasteiger partial charge in [-0.1, -0.05) is 48.0 Å². The van der Waals surface area contributed by atoms with Gasteiger partial charge in [-0.25, -0.2) is 4.98 Å². The molecule has 1 N–H and O–H groups in total. The third kappa shape index (κ3) is 2.63. The number of aryl methyl sites for hydroxylation is 1. The molecule has 0 amide bonds. The van der Waals surface area contributed by atoms with Crippen molar-refractivity contribution in [2.75, 3.05) is 0 Å². The molecule has 4 heteroatoms. The van der Waals surface area contributed by atoms with E-state index in [4.69, 9.17) is 0 Å². The van der Waals surface area contributed by atoms with Crippen molar-refractivity contribution < 1.29 is 5.11 Å². The number of hydrogen-bond acceptors (Lipinski definition) is 2. The fourth-order valence-corrected chi connectivity index (χ4v) is 3.76. The number of imidazole rings is 1. The fraction of sp³-hybridized carbons (Fsp3) is 0.562. The lowest BCUT2D eigenvalue weighted by Gasteiger charge is -2.25. The summed E-state index contributed by atoms with van der Waals surface area (Å²) in [5, 5.41) is 10.6. The maximum absolute atomic E-state index is 10.6. The molecule has 1 atom stereocenters. The van der Waals surface area contributed by atoms with Gasteiger partial charge in [0, 0.05) is 4.47 Å². The van der Waals surface area contributed by atoms with Crippen LogP contribution in [-0.4, -0.2) is 14.5 Å². The van der Waals surface area contributed by atoms with Gasteiger partial charge in [0.05, 0.1) is 29.8 Å². The zero-order valence-electron chi connectivity index (χ0n) is 11.8. The number of aromatic nitrogens is 2. The lowest BCUT2D eigenvalue weighted by Crippen LogP contribution is -2.13. The van der Waals surface area contributed by atoms with Gasteiger partial charge in [0.2, 0.25) is 0 Å². The van der Waals surface area contributed by atoms with E-state index < -0.39 is 6.10 Å². The molecule has 0 aliphatic heterocycles. The highest BCUT2D eigenvalue weighted by molar-refractivity contribution is 9.10. The Morgan fingerprint density at radius 3 is 2.90 bits per heavy atom. The molecular formula is C16H21BrN2O. The summed E-state index contributed by atoms with van der Waals surface area (Å²) in [6, 6.07) is 2.04. The summed E-state index contributed by atoms with van der Waals surface area (Å²) in [4.78, 5) is 4.22. The lowest BCUT2D eigenvalue weighted by molar-refractivity contribution is 0.126.